The third-order valence-electron chi connectivity index (χ3n) is 4.65. The Balaban J connectivity index is 1.71. The minimum absolute atomic E-state index is 0.302. The van der Waals surface area contributed by atoms with Gasteiger partial charge in [0.15, 0.2) is 9.84 Å². The van der Waals surface area contributed by atoms with E-state index in [1.807, 2.05) is 55.5 Å². The molecule has 4 rings (SSSR count). The molecule has 3 aromatic carbocycles. The van der Waals surface area contributed by atoms with E-state index in [1.165, 1.54) is 6.26 Å². The van der Waals surface area contributed by atoms with Gasteiger partial charge < -0.3 is 4.74 Å². The van der Waals surface area contributed by atoms with E-state index in [-0.39, 0.29) is 0 Å². The monoisotopic (exact) mass is 404 g/mol. The minimum atomic E-state index is -3.23. The second kappa shape index (κ2) is 7.64. The molecule has 29 heavy (non-hydrogen) atoms. The summed E-state index contributed by atoms with van der Waals surface area (Å²) in [4.78, 5) is 8.87. The van der Waals surface area contributed by atoms with Crippen LogP contribution in [0.5, 0.6) is 5.75 Å². The molecule has 0 amide bonds. The number of aromatic nitrogens is 2. The molecule has 5 nitrogen and oxygen atoms in total. The zero-order valence-corrected chi connectivity index (χ0v) is 17.0. The smallest absolute Gasteiger partial charge is 0.175 e. The maximum atomic E-state index is 11.8. The zero-order valence-electron chi connectivity index (χ0n) is 16.2. The molecule has 0 bridgehead atoms. The molecule has 0 spiro atoms. The lowest BCUT2D eigenvalue weighted by Gasteiger charge is -2.12. The highest BCUT2D eigenvalue weighted by atomic mass is 32.2. The van der Waals surface area contributed by atoms with E-state index >= 15 is 0 Å². The molecule has 0 fully saturated rings. The van der Waals surface area contributed by atoms with Gasteiger partial charge in [-0.3, -0.25) is 9.97 Å². The second-order valence-electron chi connectivity index (χ2n) is 6.93. The Morgan fingerprint density at radius 3 is 2.38 bits per heavy atom. The van der Waals surface area contributed by atoms with E-state index in [0.29, 0.717) is 17.3 Å². The summed E-state index contributed by atoms with van der Waals surface area (Å²) < 4.78 is 29.5. The fraction of sp³-hybridized carbons (Fsp3) is 0.130. The van der Waals surface area contributed by atoms with Crippen molar-refractivity contribution in [1.29, 1.82) is 0 Å². The Bertz CT molecular complexity index is 1270. The number of fused-ring (bicyclic) bond motifs is 1. The van der Waals surface area contributed by atoms with E-state index in [2.05, 4.69) is 9.97 Å². The first-order valence-electron chi connectivity index (χ1n) is 9.14. The van der Waals surface area contributed by atoms with Crippen molar-refractivity contribution >= 4 is 20.6 Å². The van der Waals surface area contributed by atoms with Crippen molar-refractivity contribution in [2.45, 2.75) is 18.4 Å². The van der Waals surface area contributed by atoms with Gasteiger partial charge in [0.2, 0.25) is 0 Å². The van der Waals surface area contributed by atoms with Gasteiger partial charge in [-0.2, -0.15) is 0 Å². The van der Waals surface area contributed by atoms with Gasteiger partial charge >= 0.3 is 0 Å². The van der Waals surface area contributed by atoms with Gasteiger partial charge in [0.05, 0.1) is 22.5 Å². The van der Waals surface area contributed by atoms with Crippen LogP contribution in [0.15, 0.2) is 78.0 Å². The Kier molecular flexibility index (Phi) is 5.03. The predicted molar refractivity (Wildman–Crippen MR) is 114 cm³/mol. The van der Waals surface area contributed by atoms with E-state index in [4.69, 9.17) is 4.74 Å². The van der Waals surface area contributed by atoms with E-state index in [0.717, 1.165) is 33.3 Å². The summed E-state index contributed by atoms with van der Waals surface area (Å²) in [6.07, 6.45) is 4.63. The van der Waals surface area contributed by atoms with Crippen LogP contribution in [0.25, 0.3) is 21.9 Å². The molecule has 146 valence electrons. The highest BCUT2D eigenvalue weighted by Gasteiger charge is 2.11. The van der Waals surface area contributed by atoms with Crippen LogP contribution < -0.4 is 4.74 Å². The first-order chi connectivity index (χ1) is 13.9. The molecular weight excluding hydrogens is 384 g/mol. The molecule has 0 aliphatic heterocycles. The average Bonchev–Trinajstić information content (AvgIpc) is 2.72. The fourth-order valence-corrected chi connectivity index (χ4v) is 3.77. The molecule has 0 radical (unpaired) electrons. The lowest BCUT2D eigenvalue weighted by atomic mass is 9.98. The van der Waals surface area contributed by atoms with Crippen molar-refractivity contribution in [3.05, 3.63) is 84.4 Å². The summed E-state index contributed by atoms with van der Waals surface area (Å²) in [7, 11) is -3.23. The average molecular weight is 404 g/mol. The van der Waals surface area contributed by atoms with Crippen molar-refractivity contribution in [2.75, 3.05) is 6.26 Å². The summed E-state index contributed by atoms with van der Waals surface area (Å²) in [5.74, 6) is 0.716. The third-order valence-corrected chi connectivity index (χ3v) is 5.78. The van der Waals surface area contributed by atoms with E-state index < -0.39 is 9.84 Å². The maximum Gasteiger partial charge on any atom is 0.175 e. The van der Waals surface area contributed by atoms with Crippen molar-refractivity contribution in [3.8, 4) is 16.9 Å². The highest BCUT2D eigenvalue weighted by molar-refractivity contribution is 7.90. The highest BCUT2D eigenvalue weighted by Crippen LogP contribution is 2.33. The van der Waals surface area contributed by atoms with Gasteiger partial charge in [-0.15, -0.1) is 0 Å². The lowest BCUT2D eigenvalue weighted by Crippen LogP contribution is -2.00. The number of rotatable bonds is 5. The number of nitrogens with zero attached hydrogens (tertiary/aromatic N) is 2. The molecule has 1 aromatic heterocycles. The summed E-state index contributed by atoms with van der Waals surface area (Å²) in [5.41, 5.74) is 3.52. The van der Waals surface area contributed by atoms with Gasteiger partial charge in [-0.25, -0.2) is 8.42 Å². The van der Waals surface area contributed by atoms with Crippen LogP contribution in [-0.2, 0) is 16.4 Å². The lowest BCUT2D eigenvalue weighted by molar-refractivity contribution is 0.301. The van der Waals surface area contributed by atoms with E-state index in [9.17, 15) is 8.42 Å². The molecule has 0 saturated carbocycles. The number of benzene rings is 3. The van der Waals surface area contributed by atoms with Crippen molar-refractivity contribution in [3.63, 3.8) is 0 Å². The molecule has 0 N–H and O–H groups in total. The SMILES string of the molecule is Cc1cnc(COc2cc(-c3ccc(S(C)(=O)=O)cc3)c3ccccc3c2)cn1. The standard InChI is InChI=1S/C23H20N2O3S/c1-16-13-25-19(14-24-16)15-28-20-11-18-5-3-4-6-22(18)23(12-20)17-7-9-21(10-8-17)29(2,26)27/h3-14H,15H2,1-2H3. The van der Waals surface area contributed by atoms with Gasteiger partial charge in [-0.05, 0) is 53.1 Å². The van der Waals surface area contributed by atoms with Crippen LogP contribution in [-0.4, -0.2) is 24.6 Å². The summed E-state index contributed by atoms with van der Waals surface area (Å²) in [6.45, 7) is 2.21. The molecule has 0 saturated heterocycles. The van der Waals surface area contributed by atoms with Crippen LogP contribution in [0, 0.1) is 6.92 Å². The number of sulfone groups is 1. The van der Waals surface area contributed by atoms with Crippen LogP contribution in [0.4, 0.5) is 0 Å². The van der Waals surface area contributed by atoms with Crippen molar-refractivity contribution in [2.24, 2.45) is 0 Å². The predicted octanol–water partition coefficient (Wildman–Crippen LogP) is 4.59. The van der Waals surface area contributed by atoms with Crippen LogP contribution in [0.1, 0.15) is 11.4 Å². The van der Waals surface area contributed by atoms with Crippen molar-refractivity contribution in [1.82, 2.24) is 9.97 Å². The zero-order chi connectivity index (χ0) is 20.4. The number of aryl methyl sites for hydroxylation is 1. The van der Waals surface area contributed by atoms with E-state index in [1.54, 1.807) is 24.5 Å². The second-order valence-corrected chi connectivity index (χ2v) is 8.94. The van der Waals surface area contributed by atoms with Gasteiger partial charge in [-0.1, -0.05) is 36.4 Å². The Hall–Kier alpha value is -3.25. The topological polar surface area (TPSA) is 69.2 Å². The molecular formula is C23H20N2O3S. The molecule has 0 atom stereocenters. The summed E-state index contributed by atoms with van der Waals surface area (Å²) >= 11 is 0. The number of hydrogen-bond donors (Lipinski definition) is 0. The van der Waals surface area contributed by atoms with Crippen LogP contribution in [0.2, 0.25) is 0 Å². The van der Waals surface area contributed by atoms with Crippen LogP contribution in [0.3, 0.4) is 0 Å². The molecule has 0 aliphatic rings. The Morgan fingerprint density at radius 2 is 1.69 bits per heavy atom. The third kappa shape index (κ3) is 4.27. The minimum Gasteiger partial charge on any atom is -0.487 e. The number of ether oxygens (including phenoxy) is 1. The fourth-order valence-electron chi connectivity index (χ4n) is 3.14. The van der Waals surface area contributed by atoms with Gasteiger partial charge in [0.1, 0.15) is 12.4 Å². The molecule has 0 aliphatic carbocycles. The Morgan fingerprint density at radius 1 is 0.931 bits per heavy atom. The molecule has 6 heteroatoms. The normalized spacial score (nSPS) is 11.5. The number of hydrogen-bond acceptors (Lipinski definition) is 5. The largest absolute Gasteiger partial charge is 0.487 e. The summed E-state index contributed by atoms with van der Waals surface area (Å²) in [5, 5.41) is 2.12. The van der Waals surface area contributed by atoms with Crippen LogP contribution >= 0.6 is 0 Å². The van der Waals surface area contributed by atoms with Gasteiger partial charge in [0.25, 0.3) is 0 Å². The quantitative estimate of drug-likeness (QED) is 0.487. The van der Waals surface area contributed by atoms with Gasteiger partial charge in [0, 0.05) is 12.5 Å². The Labute approximate surface area is 170 Å². The first kappa shape index (κ1) is 19.1. The summed E-state index contributed by atoms with van der Waals surface area (Å²) in [6, 6.07) is 18.9. The molecule has 4 aromatic rings. The molecule has 1 heterocycles. The molecule has 0 unspecified atom stereocenters. The van der Waals surface area contributed by atoms with Crippen molar-refractivity contribution < 1.29 is 13.2 Å². The first-order valence-corrected chi connectivity index (χ1v) is 11.0. The maximum absolute atomic E-state index is 11.8.